The third-order valence-electron chi connectivity index (χ3n) is 4.42. The molecule has 0 spiro atoms. The highest BCUT2D eigenvalue weighted by Crippen LogP contribution is 2.32. The number of methoxy groups -OCH3 is 2. The molecule has 4 aromatic rings. The van der Waals surface area contributed by atoms with Crippen molar-refractivity contribution in [3.8, 4) is 22.6 Å². The Morgan fingerprint density at radius 2 is 1.79 bits per heavy atom. The fourth-order valence-corrected chi connectivity index (χ4v) is 4.18. The van der Waals surface area contributed by atoms with Crippen LogP contribution in [-0.4, -0.2) is 24.2 Å². The number of hydrogen-bond donors (Lipinski definition) is 1. The summed E-state index contributed by atoms with van der Waals surface area (Å²) < 4.78 is 10.6. The van der Waals surface area contributed by atoms with Crippen molar-refractivity contribution >= 4 is 44.3 Å². The first-order valence-corrected chi connectivity index (χ1v) is 10.0. The molecule has 146 valence electrons. The number of thiophene rings is 1. The fourth-order valence-electron chi connectivity index (χ4n) is 3.02. The van der Waals surface area contributed by atoms with Crippen molar-refractivity contribution < 1.29 is 9.47 Å². The molecule has 0 unspecified atom stereocenters. The average Bonchev–Trinajstić information content (AvgIpc) is 3.18. The lowest BCUT2D eigenvalue weighted by Gasteiger charge is -2.06. The SMILES string of the molecule is COc1cc(/C=C(\Cl)c2nc3scc(-c4ccccc4)c3c(=O)[nH]2)cc(OC)c1. The average molecular weight is 425 g/mol. The van der Waals surface area contributed by atoms with Crippen molar-refractivity contribution in [2.75, 3.05) is 14.2 Å². The molecular weight excluding hydrogens is 408 g/mol. The summed E-state index contributed by atoms with van der Waals surface area (Å²) in [4.78, 5) is 20.8. The summed E-state index contributed by atoms with van der Waals surface area (Å²) >= 11 is 7.90. The van der Waals surface area contributed by atoms with Gasteiger partial charge in [-0.15, -0.1) is 11.3 Å². The first-order valence-electron chi connectivity index (χ1n) is 8.76. The topological polar surface area (TPSA) is 64.2 Å². The highest BCUT2D eigenvalue weighted by atomic mass is 35.5. The molecule has 0 radical (unpaired) electrons. The number of H-pyrrole nitrogens is 1. The van der Waals surface area contributed by atoms with Crippen LogP contribution < -0.4 is 15.0 Å². The smallest absolute Gasteiger partial charge is 0.260 e. The van der Waals surface area contributed by atoms with Crippen LogP contribution in [0, 0.1) is 0 Å². The Hall–Kier alpha value is -3.09. The molecule has 7 heteroatoms. The second-order valence-corrected chi connectivity index (χ2v) is 7.51. The summed E-state index contributed by atoms with van der Waals surface area (Å²) in [6.07, 6.45) is 1.71. The Morgan fingerprint density at radius 1 is 1.10 bits per heavy atom. The van der Waals surface area contributed by atoms with Crippen LogP contribution in [0.2, 0.25) is 0 Å². The maximum absolute atomic E-state index is 12.8. The van der Waals surface area contributed by atoms with Gasteiger partial charge in [-0.25, -0.2) is 4.98 Å². The van der Waals surface area contributed by atoms with E-state index in [9.17, 15) is 4.79 Å². The van der Waals surface area contributed by atoms with Gasteiger partial charge in [0.05, 0.1) is 24.6 Å². The quantitative estimate of drug-likeness (QED) is 0.465. The van der Waals surface area contributed by atoms with Gasteiger partial charge in [-0.1, -0.05) is 41.9 Å². The predicted octanol–water partition coefficient (Wildman–Crippen LogP) is 5.41. The Balaban J connectivity index is 1.77. The van der Waals surface area contributed by atoms with E-state index >= 15 is 0 Å². The normalized spacial score (nSPS) is 11.6. The summed E-state index contributed by atoms with van der Waals surface area (Å²) in [6, 6.07) is 15.2. The summed E-state index contributed by atoms with van der Waals surface area (Å²) in [5.74, 6) is 1.60. The minimum Gasteiger partial charge on any atom is -0.497 e. The predicted molar refractivity (Wildman–Crippen MR) is 119 cm³/mol. The third kappa shape index (κ3) is 3.90. The number of nitrogens with one attached hydrogen (secondary N) is 1. The van der Waals surface area contributed by atoms with Gasteiger partial charge < -0.3 is 14.5 Å². The van der Waals surface area contributed by atoms with E-state index in [1.165, 1.54) is 11.3 Å². The summed E-state index contributed by atoms with van der Waals surface area (Å²) in [6.45, 7) is 0. The number of aromatic amines is 1. The summed E-state index contributed by atoms with van der Waals surface area (Å²) in [5, 5.41) is 2.82. The van der Waals surface area contributed by atoms with E-state index in [0.29, 0.717) is 32.6 Å². The van der Waals surface area contributed by atoms with Crippen LogP contribution in [0.4, 0.5) is 0 Å². The molecule has 0 bridgehead atoms. The molecule has 1 N–H and O–H groups in total. The van der Waals surface area contributed by atoms with Gasteiger partial charge in [-0.05, 0) is 29.3 Å². The standard InChI is InChI=1S/C22H17ClN2O3S/c1-27-15-8-13(9-16(11-15)28-2)10-18(23)20-24-21(26)19-17(12-29-22(19)25-20)14-6-4-3-5-7-14/h3-12H,1-2H3,(H,24,25,26)/b18-10-. The molecule has 5 nitrogen and oxygen atoms in total. The molecule has 0 aliphatic heterocycles. The lowest BCUT2D eigenvalue weighted by molar-refractivity contribution is 0.394. The lowest BCUT2D eigenvalue weighted by atomic mass is 10.1. The maximum Gasteiger partial charge on any atom is 0.260 e. The van der Waals surface area contributed by atoms with E-state index < -0.39 is 0 Å². The molecular formula is C22H17ClN2O3S. The van der Waals surface area contributed by atoms with Gasteiger partial charge in [0.2, 0.25) is 0 Å². The molecule has 0 atom stereocenters. The zero-order chi connectivity index (χ0) is 20.4. The van der Waals surface area contributed by atoms with Crippen LogP contribution in [-0.2, 0) is 0 Å². The van der Waals surface area contributed by atoms with Crippen molar-refractivity contribution in [1.82, 2.24) is 9.97 Å². The van der Waals surface area contributed by atoms with Crippen LogP contribution in [0.15, 0.2) is 58.7 Å². The van der Waals surface area contributed by atoms with Crippen LogP contribution in [0.25, 0.3) is 32.5 Å². The van der Waals surface area contributed by atoms with Gasteiger partial charge in [-0.2, -0.15) is 0 Å². The molecule has 0 saturated heterocycles. The molecule has 0 aliphatic rings. The molecule has 0 fully saturated rings. The van der Waals surface area contributed by atoms with Crippen molar-refractivity contribution in [2.45, 2.75) is 0 Å². The number of hydrogen-bond acceptors (Lipinski definition) is 5. The Kier molecular flexibility index (Phi) is 5.38. The maximum atomic E-state index is 12.8. The first kappa shape index (κ1) is 19.2. The lowest BCUT2D eigenvalue weighted by Crippen LogP contribution is -2.10. The molecule has 29 heavy (non-hydrogen) atoms. The first-order chi connectivity index (χ1) is 14.1. The van der Waals surface area contributed by atoms with E-state index in [1.807, 2.05) is 47.8 Å². The van der Waals surface area contributed by atoms with E-state index in [0.717, 1.165) is 16.7 Å². The van der Waals surface area contributed by atoms with Gasteiger partial charge in [0, 0.05) is 17.0 Å². The monoisotopic (exact) mass is 424 g/mol. The van der Waals surface area contributed by atoms with Gasteiger partial charge in [0.15, 0.2) is 5.82 Å². The molecule has 0 saturated carbocycles. The van der Waals surface area contributed by atoms with Gasteiger partial charge in [-0.3, -0.25) is 4.79 Å². The highest BCUT2D eigenvalue weighted by molar-refractivity contribution is 7.17. The van der Waals surface area contributed by atoms with Crippen molar-refractivity contribution in [3.05, 3.63) is 75.7 Å². The fraction of sp³-hybridized carbons (Fsp3) is 0.0909. The highest BCUT2D eigenvalue weighted by Gasteiger charge is 2.14. The largest absolute Gasteiger partial charge is 0.497 e. The minimum atomic E-state index is -0.222. The second-order valence-electron chi connectivity index (χ2n) is 6.25. The molecule has 2 heterocycles. The molecule has 0 amide bonds. The zero-order valence-electron chi connectivity index (χ0n) is 15.7. The molecule has 2 aromatic heterocycles. The van der Waals surface area contributed by atoms with Gasteiger partial charge in [0.25, 0.3) is 5.56 Å². The van der Waals surface area contributed by atoms with Crippen LogP contribution >= 0.6 is 22.9 Å². The minimum absolute atomic E-state index is 0.222. The Bertz CT molecular complexity index is 1240. The molecule has 4 rings (SSSR count). The van der Waals surface area contributed by atoms with E-state index in [2.05, 4.69) is 9.97 Å². The second kappa shape index (κ2) is 8.11. The van der Waals surface area contributed by atoms with Crippen molar-refractivity contribution in [2.24, 2.45) is 0 Å². The molecule has 2 aromatic carbocycles. The van der Waals surface area contributed by atoms with Crippen LogP contribution in [0.3, 0.4) is 0 Å². The van der Waals surface area contributed by atoms with Gasteiger partial charge >= 0.3 is 0 Å². The third-order valence-corrected chi connectivity index (χ3v) is 5.58. The van der Waals surface area contributed by atoms with Gasteiger partial charge in [0.1, 0.15) is 16.3 Å². The Labute approximate surface area is 176 Å². The number of nitrogens with zero attached hydrogens (tertiary/aromatic N) is 1. The number of ether oxygens (including phenoxy) is 2. The van der Waals surface area contributed by atoms with Crippen LogP contribution in [0.5, 0.6) is 11.5 Å². The number of benzene rings is 2. The van der Waals surface area contributed by atoms with Crippen LogP contribution in [0.1, 0.15) is 11.4 Å². The zero-order valence-corrected chi connectivity index (χ0v) is 17.3. The van der Waals surface area contributed by atoms with Crippen molar-refractivity contribution in [1.29, 1.82) is 0 Å². The number of halogens is 1. The molecule has 0 aliphatic carbocycles. The van der Waals surface area contributed by atoms with E-state index in [4.69, 9.17) is 21.1 Å². The van der Waals surface area contributed by atoms with Crippen molar-refractivity contribution in [3.63, 3.8) is 0 Å². The number of rotatable bonds is 5. The van der Waals surface area contributed by atoms with E-state index in [1.54, 1.807) is 26.4 Å². The number of aromatic nitrogens is 2. The summed E-state index contributed by atoms with van der Waals surface area (Å²) in [7, 11) is 3.16. The number of fused-ring (bicyclic) bond motifs is 1. The Morgan fingerprint density at radius 3 is 2.45 bits per heavy atom. The van der Waals surface area contributed by atoms with E-state index in [-0.39, 0.29) is 5.56 Å². The summed E-state index contributed by atoms with van der Waals surface area (Å²) in [5.41, 5.74) is 2.39.